The number of aromatic nitrogens is 1. The molecule has 0 radical (unpaired) electrons. The maximum absolute atomic E-state index is 6.11. The Morgan fingerprint density at radius 2 is 1.88 bits per heavy atom. The molecule has 16 heavy (non-hydrogen) atoms. The smallest absolute Gasteiger partial charge is 0.130 e. The van der Waals surface area contributed by atoms with Crippen molar-refractivity contribution in [3.8, 4) is 0 Å². The average molecular weight is 233 g/mol. The summed E-state index contributed by atoms with van der Waals surface area (Å²) in [5.41, 5.74) is 2.08. The Bertz CT molecular complexity index is 454. The zero-order chi connectivity index (χ0) is 11.4. The molecule has 0 fully saturated rings. The number of rotatable bonds is 3. The van der Waals surface area contributed by atoms with Gasteiger partial charge in [0.2, 0.25) is 0 Å². The molecule has 1 heterocycles. The zero-order valence-corrected chi connectivity index (χ0v) is 9.78. The fourth-order valence-corrected chi connectivity index (χ4v) is 1.72. The van der Waals surface area contributed by atoms with Gasteiger partial charge >= 0.3 is 0 Å². The van der Waals surface area contributed by atoms with E-state index in [1.165, 1.54) is 0 Å². The molecule has 1 N–H and O–H groups in total. The summed E-state index contributed by atoms with van der Waals surface area (Å²) in [6.07, 6.45) is 1.76. The Balaban J connectivity index is 2.28. The number of hydrogen-bond donors (Lipinski definition) is 1. The lowest BCUT2D eigenvalue weighted by molar-refractivity contribution is 1.08. The van der Waals surface area contributed by atoms with Gasteiger partial charge in [0.25, 0.3) is 0 Å². The van der Waals surface area contributed by atoms with Crippen molar-refractivity contribution in [2.75, 3.05) is 5.32 Å². The maximum Gasteiger partial charge on any atom is 0.130 e. The second kappa shape index (κ2) is 4.99. The average Bonchev–Trinajstić information content (AvgIpc) is 2.31. The third kappa shape index (κ3) is 2.52. The third-order valence-corrected chi connectivity index (χ3v) is 2.55. The fraction of sp³-hybridized carbons (Fsp3) is 0.154. The summed E-state index contributed by atoms with van der Waals surface area (Å²) in [4.78, 5) is 4.22. The molecule has 0 aliphatic carbocycles. The summed E-state index contributed by atoms with van der Waals surface area (Å²) in [5, 5.41) is 3.24. The van der Waals surface area contributed by atoms with E-state index in [2.05, 4.69) is 10.3 Å². The van der Waals surface area contributed by atoms with Gasteiger partial charge in [0, 0.05) is 11.9 Å². The summed E-state index contributed by atoms with van der Waals surface area (Å²) < 4.78 is 0. The van der Waals surface area contributed by atoms with E-state index >= 15 is 0 Å². The van der Waals surface area contributed by atoms with Crippen LogP contribution < -0.4 is 5.32 Å². The largest absolute Gasteiger partial charge is 0.340 e. The summed E-state index contributed by atoms with van der Waals surface area (Å²) in [6, 6.07) is 13.7. The number of benzene rings is 1. The van der Waals surface area contributed by atoms with Gasteiger partial charge in [-0.05, 0) is 30.7 Å². The molecule has 0 bridgehead atoms. The number of halogens is 1. The number of para-hydroxylation sites is 1. The monoisotopic (exact) mass is 232 g/mol. The van der Waals surface area contributed by atoms with Crippen LogP contribution in [-0.4, -0.2) is 4.98 Å². The number of hydrogen-bond acceptors (Lipinski definition) is 2. The van der Waals surface area contributed by atoms with Gasteiger partial charge < -0.3 is 5.32 Å². The molecule has 0 saturated heterocycles. The Hall–Kier alpha value is -1.54. The predicted molar refractivity (Wildman–Crippen MR) is 68.2 cm³/mol. The molecule has 1 atom stereocenters. The number of nitrogens with one attached hydrogen (secondary N) is 1. The van der Waals surface area contributed by atoms with Crippen LogP contribution >= 0.6 is 11.6 Å². The molecule has 0 spiro atoms. The van der Waals surface area contributed by atoms with E-state index in [-0.39, 0.29) is 5.38 Å². The minimum atomic E-state index is -0.0209. The Labute approximate surface area is 100 Å². The van der Waals surface area contributed by atoms with Gasteiger partial charge in [-0.2, -0.15) is 0 Å². The lowest BCUT2D eigenvalue weighted by Crippen LogP contribution is -1.97. The first-order valence-electron chi connectivity index (χ1n) is 5.18. The number of anilines is 2. The highest BCUT2D eigenvalue weighted by molar-refractivity contribution is 6.21. The van der Waals surface area contributed by atoms with Crippen LogP contribution in [-0.2, 0) is 0 Å². The first-order valence-corrected chi connectivity index (χ1v) is 5.62. The number of nitrogens with zero attached hydrogens (tertiary/aromatic N) is 1. The molecular weight excluding hydrogens is 220 g/mol. The van der Waals surface area contributed by atoms with Gasteiger partial charge in [-0.3, -0.25) is 0 Å². The molecule has 0 aliphatic rings. The fourth-order valence-electron chi connectivity index (χ4n) is 1.53. The van der Waals surface area contributed by atoms with Gasteiger partial charge in [-0.1, -0.05) is 24.3 Å². The molecule has 0 aliphatic heterocycles. The van der Waals surface area contributed by atoms with Gasteiger partial charge in [0.1, 0.15) is 5.82 Å². The van der Waals surface area contributed by atoms with E-state index in [4.69, 9.17) is 11.6 Å². The molecule has 2 aromatic rings. The predicted octanol–water partition coefficient (Wildman–Crippen LogP) is 4.13. The van der Waals surface area contributed by atoms with Crippen molar-refractivity contribution in [3.05, 3.63) is 54.2 Å². The van der Waals surface area contributed by atoms with E-state index in [0.29, 0.717) is 0 Å². The van der Waals surface area contributed by atoms with E-state index in [9.17, 15) is 0 Å². The van der Waals surface area contributed by atoms with Crippen LogP contribution in [0.5, 0.6) is 0 Å². The first-order chi connectivity index (χ1) is 7.77. The highest BCUT2D eigenvalue weighted by Gasteiger charge is 2.07. The molecule has 1 aromatic carbocycles. The molecule has 2 rings (SSSR count). The second-order valence-corrected chi connectivity index (χ2v) is 4.20. The van der Waals surface area contributed by atoms with Crippen LogP contribution in [0.2, 0.25) is 0 Å². The molecule has 0 saturated carbocycles. The van der Waals surface area contributed by atoms with Gasteiger partial charge in [-0.25, -0.2) is 4.98 Å². The van der Waals surface area contributed by atoms with Crippen molar-refractivity contribution >= 4 is 23.1 Å². The molecule has 1 aromatic heterocycles. The summed E-state index contributed by atoms with van der Waals surface area (Å²) in [6.45, 7) is 1.96. The SMILES string of the molecule is CC(Cl)c1ccccc1Nc1ccccn1. The van der Waals surface area contributed by atoms with Crippen LogP contribution in [0.15, 0.2) is 48.7 Å². The van der Waals surface area contributed by atoms with Crippen LogP contribution in [0, 0.1) is 0 Å². The van der Waals surface area contributed by atoms with Crippen molar-refractivity contribution < 1.29 is 0 Å². The second-order valence-electron chi connectivity index (χ2n) is 3.54. The molecule has 2 nitrogen and oxygen atoms in total. The van der Waals surface area contributed by atoms with E-state index in [0.717, 1.165) is 17.1 Å². The zero-order valence-electron chi connectivity index (χ0n) is 9.02. The molecule has 3 heteroatoms. The van der Waals surface area contributed by atoms with Crippen molar-refractivity contribution in [1.29, 1.82) is 0 Å². The van der Waals surface area contributed by atoms with Crippen molar-refractivity contribution in [3.63, 3.8) is 0 Å². The van der Waals surface area contributed by atoms with Crippen molar-refractivity contribution in [1.82, 2.24) is 4.98 Å². The van der Waals surface area contributed by atoms with Crippen LogP contribution in [0.4, 0.5) is 11.5 Å². The van der Waals surface area contributed by atoms with E-state index < -0.39 is 0 Å². The Morgan fingerprint density at radius 3 is 2.56 bits per heavy atom. The highest BCUT2D eigenvalue weighted by Crippen LogP contribution is 2.28. The Morgan fingerprint density at radius 1 is 1.12 bits per heavy atom. The molecule has 0 amide bonds. The van der Waals surface area contributed by atoms with E-state index in [1.807, 2.05) is 49.4 Å². The number of alkyl halides is 1. The minimum Gasteiger partial charge on any atom is -0.340 e. The highest BCUT2D eigenvalue weighted by atomic mass is 35.5. The third-order valence-electron chi connectivity index (χ3n) is 2.32. The lowest BCUT2D eigenvalue weighted by Gasteiger charge is -2.12. The lowest BCUT2D eigenvalue weighted by atomic mass is 10.1. The van der Waals surface area contributed by atoms with Crippen LogP contribution in [0.3, 0.4) is 0 Å². The number of pyridine rings is 1. The van der Waals surface area contributed by atoms with Gasteiger partial charge in [0.15, 0.2) is 0 Å². The van der Waals surface area contributed by atoms with Crippen molar-refractivity contribution in [2.24, 2.45) is 0 Å². The quantitative estimate of drug-likeness (QED) is 0.805. The molecular formula is C13H13ClN2. The van der Waals surface area contributed by atoms with Gasteiger partial charge in [-0.15, -0.1) is 11.6 Å². The maximum atomic E-state index is 6.11. The van der Waals surface area contributed by atoms with Crippen molar-refractivity contribution in [2.45, 2.75) is 12.3 Å². The minimum absolute atomic E-state index is 0.0209. The Kier molecular flexibility index (Phi) is 3.42. The van der Waals surface area contributed by atoms with Crippen LogP contribution in [0.1, 0.15) is 17.9 Å². The first kappa shape index (κ1) is 11.0. The summed E-state index contributed by atoms with van der Waals surface area (Å²) in [5.74, 6) is 0.826. The molecule has 1 unspecified atom stereocenters. The normalized spacial score (nSPS) is 12.1. The van der Waals surface area contributed by atoms with E-state index in [1.54, 1.807) is 6.20 Å². The summed E-state index contributed by atoms with van der Waals surface area (Å²) >= 11 is 6.11. The molecule has 82 valence electrons. The van der Waals surface area contributed by atoms with Gasteiger partial charge in [0.05, 0.1) is 5.38 Å². The summed E-state index contributed by atoms with van der Waals surface area (Å²) in [7, 11) is 0. The topological polar surface area (TPSA) is 24.9 Å². The van der Waals surface area contributed by atoms with Crippen LogP contribution in [0.25, 0.3) is 0 Å². The standard InChI is InChI=1S/C13H13ClN2/c1-10(14)11-6-2-3-7-12(11)16-13-8-4-5-9-15-13/h2-10H,1H3,(H,15,16).